The molecule has 0 spiro atoms. The smallest absolute Gasteiger partial charge is 0.228 e. The zero-order valence-corrected chi connectivity index (χ0v) is 21.4. The second kappa shape index (κ2) is 12.2. The summed E-state index contributed by atoms with van der Waals surface area (Å²) in [5.41, 5.74) is 11.8. The molecular formula is C26H36N8O3. The Hall–Kier alpha value is -3.38. The highest BCUT2D eigenvalue weighted by Gasteiger charge is 2.20. The van der Waals surface area contributed by atoms with Crippen LogP contribution in [0.1, 0.15) is 25.5 Å². The predicted molar refractivity (Wildman–Crippen MR) is 141 cm³/mol. The van der Waals surface area contributed by atoms with Crippen molar-refractivity contribution in [2.45, 2.75) is 26.1 Å². The van der Waals surface area contributed by atoms with Crippen molar-refractivity contribution in [1.29, 1.82) is 0 Å². The van der Waals surface area contributed by atoms with Crippen molar-refractivity contribution in [3.8, 4) is 5.88 Å². The zero-order valence-electron chi connectivity index (χ0n) is 21.4. The first-order chi connectivity index (χ1) is 18.1. The summed E-state index contributed by atoms with van der Waals surface area (Å²) in [6.45, 7) is 9.46. The van der Waals surface area contributed by atoms with E-state index in [4.69, 9.17) is 14.3 Å². The molecule has 2 aromatic rings. The van der Waals surface area contributed by atoms with Crippen LogP contribution in [0.5, 0.6) is 5.88 Å². The van der Waals surface area contributed by atoms with Gasteiger partial charge in [0.2, 0.25) is 11.8 Å². The lowest BCUT2D eigenvalue weighted by molar-refractivity contribution is 0.0320. The highest BCUT2D eigenvalue weighted by atomic mass is 16.7. The Morgan fingerprint density at radius 3 is 2.76 bits per heavy atom. The van der Waals surface area contributed by atoms with Gasteiger partial charge in [-0.25, -0.2) is 5.43 Å². The van der Waals surface area contributed by atoms with E-state index in [1.807, 2.05) is 24.3 Å². The summed E-state index contributed by atoms with van der Waals surface area (Å²) in [6.07, 6.45) is 4.07. The average molecular weight is 509 g/mol. The van der Waals surface area contributed by atoms with E-state index in [0.717, 1.165) is 49.9 Å². The summed E-state index contributed by atoms with van der Waals surface area (Å²) in [6, 6.07) is 12.0. The zero-order chi connectivity index (χ0) is 25.5. The topological polar surface area (TPSA) is 117 Å². The summed E-state index contributed by atoms with van der Waals surface area (Å²) < 4.78 is 11.5. The van der Waals surface area contributed by atoms with Crippen LogP contribution < -0.4 is 31.7 Å². The van der Waals surface area contributed by atoms with Crippen LogP contribution in [0.25, 0.3) is 0 Å². The molecule has 1 saturated heterocycles. The number of nitrogens with one attached hydrogen (secondary N) is 5. The first-order valence-corrected chi connectivity index (χ1v) is 12.9. The normalized spacial score (nSPS) is 21.7. The molecule has 11 nitrogen and oxygen atoms in total. The number of ether oxygens (including phenoxy) is 2. The second-order valence-electron chi connectivity index (χ2n) is 9.48. The summed E-state index contributed by atoms with van der Waals surface area (Å²) in [5.74, 6) is 2.79. The molecule has 3 aliphatic heterocycles. The van der Waals surface area contributed by atoms with Crippen LogP contribution in [0.15, 0.2) is 60.0 Å². The molecule has 1 aromatic carbocycles. The number of rotatable bonds is 11. The minimum atomic E-state index is -0.0990. The maximum absolute atomic E-state index is 6.04. The van der Waals surface area contributed by atoms with Gasteiger partial charge in [-0.1, -0.05) is 44.2 Å². The number of nitrogens with zero attached hydrogens (tertiary/aromatic N) is 3. The number of benzene rings is 1. The van der Waals surface area contributed by atoms with Gasteiger partial charge < -0.3 is 30.4 Å². The van der Waals surface area contributed by atoms with E-state index in [-0.39, 0.29) is 12.2 Å². The van der Waals surface area contributed by atoms with Crippen molar-refractivity contribution in [2.24, 2.45) is 5.92 Å². The van der Waals surface area contributed by atoms with Gasteiger partial charge >= 0.3 is 0 Å². The van der Waals surface area contributed by atoms with Gasteiger partial charge in [-0.3, -0.25) is 4.90 Å². The highest BCUT2D eigenvalue weighted by molar-refractivity contribution is 5.46. The van der Waals surface area contributed by atoms with Crippen molar-refractivity contribution in [3.05, 3.63) is 65.6 Å². The standard InChI is InChI=1S/C26H36N8O3/c1-18(2)21-15-24(32-31-21)28-23-16-25(36-13-10-34-8-11-35-12-9-34)30-26(29-23)27-17-20-14-22(33-37-20)19-6-4-3-5-7-19/h3-7,14-16,18,22,24,31-33H,8-13,17H2,1-2H3,(H2,27,28,29,30). The molecule has 11 heteroatoms. The lowest BCUT2D eigenvalue weighted by Gasteiger charge is -2.26. The monoisotopic (exact) mass is 508 g/mol. The van der Waals surface area contributed by atoms with Gasteiger partial charge in [-0.2, -0.15) is 9.97 Å². The Morgan fingerprint density at radius 2 is 1.97 bits per heavy atom. The van der Waals surface area contributed by atoms with Crippen LogP contribution in [0.2, 0.25) is 0 Å². The van der Waals surface area contributed by atoms with Crippen molar-refractivity contribution in [1.82, 2.24) is 31.2 Å². The molecule has 3 aliphatic rings. The van der Waals surface area contributed by atoms with Crippen LogP contribution in [0.3, 0.4) is 0 Å². The maximum atomic E-state index is 6.04. The van der Waals surface area contributed by atoms with Gasteiger partial charge in [0, 0.05) is 31.4 Å². The number of allylic oxidation sites excluding steroid dienone is 1. The second-order valence-corrected chi connectivity index (χ2v) is 9.48. The predicted octanol–water partition coefficient (Wildman–Crippen LogP) is 2.15. The molecule has 198 valence electrons. The van der Waals surface area contributed by atoms with E-state index < -0.39 is 0 Å². The molecule has 2 unspecified atom stereocenters. The molecule has 0 radical (unpaired) electrons. The Bertz CT molecular complexity index is 1090. The van der Waals surface area contributed by atoms with Crippen molar-refractivity contribution < 1.29 is 14.3 Å². The van der Waals surface area contributed by atoms with Crippen molar-refractivity contribution in [2.75, 3.05) is 56.6 Å². The molecule has 2 atom stereocenters. The number of hydrogen-bond donors (Lipinski definition) is 5. The number of morpholine rings is 1. The molecule has 0 aliphatic carbocycles. The van der Waals surface area contributed by atoms with Gasteiger partial charge in [0.15, 0.2) is 0 Å². The van der Waals surface area contributed by atoms with E-state index in [9.17, 15) is 0 Å². The van der Waals surface area contributed by atoms with Gasteiger partial charge in [0.25, 0.3) is 0 Å². The van der Waals surface area contributed by atoms with E-state index in [1.165, 1.54) is 0 Å². The summed E-state index contributed by atoms with van der Waals surface area (Å²) in [4.78, 5) is 17.3. The molecule has 5 N–H and O–H groups in total. The fourth-order valence-electron chi connectivity index (χ4n) is 4.23. The minimum absolute atomic E-state index is 0.00822. The Balaban J connectivity index is 1.24. The van der Waals surface area contributed by atoms with Crippen LogP contribution in [0.4, 0.5) is 11.8 Å². The largest absolute Gasteiger partial charge is 0.476 e. The Kier molecular flexibility index (Phi) is 8.36. The first kappa shape index (κ1) is 25.3. The van der Waals surface area contributed by atoms with Crippen LogP contribution in [-0.2, 0) is 9.57 Å². The molecule has 0 saturated carbocycles. The van der Waals surface area contributed by atoms with Gasteiger partial charge in [0.05, 0.1) is 25.8 Å². The third-order valence-corrected chi connectivity index (χ3v) is 6.36. The molecule has 4 heterocycles. The Labute approximate surface area is 217 Å². The third kappa shape index (κ3) is 7.10. The molecule has 0 bridgehead atoms. The average Bonchev–Trinajstić information content (AvgIpc) is 3.59. The van der Waals surface area contributed by atoms with E-state index in [2.05, 4.69) is 80.0 Å². The lowest BCUT2D eigenvalue weighted by Crippen LogP contribution is -2.38. The minimum Gasteiger partial charge on any atom is -0.476 e. The molecule has 1 aromatic heterocycles. The molecule has 1 fully saturated rings. The fraction of sp³-hybridized carbons (Fsp3) is 0.462. The van der Waals surface area contributed by atoms with Crippen molar-refractivity contribution >= 4 is 11.8 Å². The number of hydroxylamine groups is 1. The lowest BCUT2D eigenvalue weighted by atomic mass is 10.1. The number of hydrogen-bond acceptors (Lipinski definition) is 11. The van der Waals surface area contributed by atoms with Gasteiger partial charge in [-0.15, -0.1) is 5.48 Å². The molecule has 0 amide bonds. The maximum Gasteiger partial charge on any atom is 0.228 e. The first-order valence-electron chi connectivity index (χ1n) is 12.9. The number of hydrazine groups is 1. The van der Waals surface area contributed by atoms with Crippen LogP contribution in [0, 0.1) is 5.92 Å². The van der Waals surface area contributed by atoms with E-state index in [0.29, 0.717) is 36.7 Å². The summed E-state index contributed by atoms with van der Waals surface area (Å²) >= 11 is 0. The number of aromatic nitrogens is 2. The van der Waals surface area contributed by atoms with Crippen LogP contribution >= 0.6 is 0 Å². The summed E-state index contributed by atoms with van der Waals surface area (Å²) in [7, 11) is 0. The number of anilines is 2. The highest BCUT2D eigenvalue weighted by Crippen LogP contribution is 2.23. The Morgan fingerprint density at radius 1 is 1.14 bits per heavy atom. The van der Waals surface area contributed by atoms with Gasteiger partial charge in [-0.05, 0) is 23.6 Å². The third-order valence-electron chi connectivity index (χ3n) is 6.36. The quantitative estimate of drug-likeness (QED) is 0.307. The fourth-order valence-corrected chi connectivity index (χ4v) is 4.23. The summed E-state index contributed by atoms with van der Waals surface area (Å²) in [5, 5.41) is 6.67. The van der Waals surface area contributed by atoms with E-state index in [1.54, 1.807) is 0 Å². The van der Waals surface area contributed by atoms with E-state index >= 15 is 0 Å². The molecule has 5 rings (SSSR count). The van der Waals surface area contributed by atoms with Gasteiger partial charge in [0.1, 0.15) is 24.3 Å². The van der Waals surface area contributed by atoms with Crippen molar-refractivity contribution in [3.63, 3.8) is 0 Å². The van der Waals surface area contributed by atoms with Crippen LogP contribution in [-0.4, -0.2) is 67.0 Å². The molecule has 37 heavy (non-hydrogen) atoms. The molecular weight excluding hydrogens is 472 g/mol. The SMILES string of the molecule is CC(C)C1=CC(Nc2cc(OCCN3CCOCC3)nc(NCC3=CC(c4ccccc4)NO3)n2)NN1.